The predicted octanol–water partition coefficient (Wildman–Crippen LogP) is 1.12. The molecule has 28 heavy (non-hydrogen) atoms. The van der Waals surface area contributed by atoms with Gasteiger partial charge < -0.3 is 14.6 Å². The molecule has 2 aromatic heterocycles. The second kappa shape index (κ2) is 7.55. The summed E-state index contributed by atoms with van der Waals surface area (Å²) in [6, 6.07) is 7.83. The van der Waals surface area contributed by atoms with E-state index in [4.69, 9.17) is 4.74 Å². The van der Waals surface area contributed by atoms with Crippen molar-refractivity contribution in [3.63, 3.8) is 0 Å². The minimum atomic E-state index is -0.142. The van der Waals surface area contributed by atoms with Gasteiger partial charge in [0.25, 0.3) is 5.56 Å². The SMILES string of the molecule is COCCNC(=O)Cn1c2c(c(=O)n3nc(-c4ccc(C)cc4)nc13)CCC2. The van der Waals surface area contributed by atoms with E-state index in [1.807, 2.05) is 35.8 Å². The van der Waals surface area contributed by atoms with Gasteiger partial charge >= 0.3 is 0 Å². The molecule has 3 aromatic rings. The van der Waals surface area contributed by atoms with E-state index in [9.17, 15) is 9.59 Å². The van der Waals surface area contributed by atoms with Crippen molar-refractivity contribution >= 4 is 11.7 Å². The Balaban J connectivity index is 1.78. The van der Waals surface area contributed by atoms with Crippen LogP contribution in [0.1, 0.15) is 23.2 Å². The lowest BCUT2D eigenvalue weighted by Gasteiger charge is -2.13. The number of ether oxygens (including phenoxy) is 1. The maximum absolute atomic E-state index is 12.9. The molecule has 0 unspecified atom stereocenters. The molecule has 0 atom stereocenters. The Bertz CT molecular complexity index is 1080. The van der Waals surface area contributed by atoms with Gasteiger partial charge in [0, 0.05) is 30.5 Å². The van der Waals surface area contributed by atoms with Crippen molar-refractivity contribution in [2.45, 2.75) is 32.7 Å². The van der Waals surface area contributed by atoms with Gasteiger partial charge in [0.2, 0.25) is 11.7 Å². The lowest BCUT2D eigenvalue weighted by Crippen LogP contribution is -2.33. The number of carbonyl (C=O) groups excluding carboxylic acids is 1. The van der Waals surface area contributed by atoms with Crippen molar-refractivity contribution in [2.75, 3.05) is 20.3 Å². The number of nitrogens with one attached hydrogen (secondary N) is 1. The summed E-state index contributed by atoms with van der Waals surface area (Å²) in [4.78, 5) is 29.9. The smallest absolute Gasteiger partial charge is 0.279 e. The Hall–Kier alpha value is -3.00. The van der Waals surface area contributed by atoms with Gasteiger partial charge in [0.15, 0.2) is 5.82 Å². The maximum atomic E-state index is 12.9. The van der Waals surface area contributed by atoms with Crippen LogP contribution >= 0.6 is 0 Å². The van der Waals surface area contributed by atoms with Crippen LogP contribution in [0.3, 0.4) is 0 Å². The number of aromatic nitrogens is 4. The second-order valence-electron chi connectivity index (χ2n) is 7.03. The number of benzene rings is 1. The highest BCUT2D eigenvalue weighted by Crippen LogP contribution is 2.22. The number of nitrogens with zero attached hydrogens (tertiary/aromatic N) is 4. The first-order valence-corrected chi connectivity index (χ1v) is 9.42. The van der Waals surface area contributed by atoms with Crippen molar-refractivity contribution in [3.8, 4) is 11.4 Å². The van der Waals surface area contributed by atoms with Crippen LogP contribution in [0.4, 0.5) is 0 Å². The van der Waals surface area contributed by atoms with Crippen molar-refractivity contribution in [1.29, 1.82) is 0 Å². The summed E-state index contributed by atoms with van der Waals surface area (Å²) in [5.41, 5.74) is 3.47. The molecule has 0 saturated carbocycles. The van der Waals surface area contributed by atoms with E-state index in [0.717, 1.165) is 35.2 Å². The molecule has 2 heterocycles. The quantitative estimate of drug-likeness (QED) is 0.646. The van der Waals surface area contributed by atoms with Crippen LogP contribution in [0.25, 0.3) is 17.2 Å². The third-order valence-corrected chi connectivity index (χ3v) is 5.04. The van der Waals surface area contributed by atoms with Crippen LogP contribution in [-0.2, 0) is 28.9 Å². The summed E-state index contributed by atoms with van der Waals surface area (Å²) in [6.07, 6.45) is 2.36. The summed E-state index contributed by atoms with van der Waals surface area (Å²) in [5.74, 6) is 0.744. The maximum Gasteiger partial charge on any atom is 0.279 e. The fourth-order valence-corrected chi connectivity index (χ4v) is 3.60. The van der Waals surface area contributed by atoms with Crippen LogP contribution in [-0.4, -0.2) is 45.3 Å². The Morgan fingerprint density at radius 1 is 1.25 bits per heavy atom. The zero-order chi connectivity index (χ0) is 19.7. The highest BCUT2D eigenvalue weighted by atomic mass is 16.5. The van der Waals surface area contributed by atoms with Gasteiger partial charge in [-0.1, -0.05) is 29.8 Å². The number of fused-ring (bicyclic) bond motifs is 2. The molecule has 0 spiro atoms. The van der Waals surface area contributed by atoms with E-state index < -0.39 is 0 Å². The van der Waals surface area contributed by atoms with Gasteiger partial charge in [-0.15, -0.1) is 5.10 Å². The summed E-state index contributed by atoms with van der Waals surface area (Å²) in [7, 11) is 1.59. The summed E-state index contributed by atoms with van der Waals surface area (Å²) < 4.78 is 8.14. The standard InChI is InChI=1S/C20H23N5O3/c1-13-6-8-14(9-7-13)18-22-20-24(12-17(26)21-10-11-28-2)16-5-3-4-15(16)19(27)25(20)23-18/h6-9H,3-5,10-12H2,1-2H3,(H,21,26). The lowest BCUT2D eigenvalue weighted by atomic mass is 10.1. The molecule has 146 valence electrons. The Morgan fingerprint density at radius 2 is 2.04 bits per heavy atom. The number of aryl methyl sites for hydroxylation is 1. The van der Waals surface area contributed by atoms with Gasteiger partial charge in [-0.3, -0.25) is 9.59 Å². The average Bonchev–Trinajstić information content (AvgIpc) is 3.34. The topological polar surface area (TPSA) is 90.5 Å². The lowest BCUT2D eigenvalue weighted by molar-refractivity contribution is -0.121. The van der Waals surface area contributed by atoms with Crippen LogP contribution in [0.5, 0.6) is 0 Å². The fourth-order valence-electron chi connectivity index (χ4n) is 3.60. The van der Waals surface area contributed by atoms with Crippen LogP contribution in [0.15, 0.2) is 29.1 Å². The summed E-state index contributed by atoms with van der Waals surface area (Å²) >= 11 is 0. The molecular formula is C20H23N5O3. The molecule has 0 bridgehead atoms. The first kappa shape index (κ1) is 18.4. The van der Waals surface area contributed by atoms with E-state index in [1.54, 1.807) is 7.11 Å². The number of amides is 1. The van der Waals surface area contributed by atoms with E-state index in [1.165, 1.54) is 4.52 Å². The molecule has 0 saturated heterocycles. The van der Waals surface area contributed by atoms with Gasteiger partial charge in [-0.25, -0.2) is 0 Å². The highest BCUT2D eigenvalue weighted by molar-refractivity contribution is 5.76. The molecule has 1 amide bonds. The largest absolute Gasteiger partial charge is 0.383 e. The number of hydrogen-bond donors (Lipinski definition) is 1. The molecule has 8 nitrogen and oxygen atoms in total. The number of hydrogen-bond acceptors (Lipinski definition) is 5. The van der Waals surface area contributed by atoms with Crippen molar-refractivity contribution in [1.82, 2.24) is 24.5 Å². The number of methoxy groups -OCH3 is 1. The van der Waals surface area contributed by atoms with E-state index in [-0.39, 0.29) is 18.0 Å². The molecule has 1 aromatic carbocycles. The molecule has 0 radical (unpaired) electrons. The van der Waals surface area contributed by atoms with E-state index >= 15 is 0 Å². The monoisotopic (exact) mass is 381 g/mol. The third kappa shape index (κ3) is 3.31. The zero-order valence-electron chi connectivity index (χ0n) is 16.1. The molecule has 0 aliphatic heterocycles. The first-order chi connectivity index (χ1) is 13.6. The number of rotatable bonds is 6. The van der Waals surface area contributed by atoms with Gasteiger partial charge in [-0.2, -0.15) is 9.50 Å². The van der Waals surface area contributed by atoms with Crippen LogP contribution in [0.2, 0.25) is 0 Å². The second-order valence-corrected chi connectivity index (χ2v) is 7.03. The summed E-state index contributed by atoms with van der Waals surface area (Å²) in [5, 5.41) is 7.28. The minimum absolute atomic E-state index is 0.0991. The van der Waals surface area contributed by atoms with Crippen LogP contribution in [0, 0.1) is 6.92 Å². The predicted molar refractivity (Wildman–Crippen MR) is 104 cm³/mol. The highest BCUT2D eigenvalue weighted by Gasteiger charge is 2.25. The zero-order valence-corrected chi connectivity index (χ0v) is 16.1. The molecular weight excluding hydrogens is 358 g/mol. The Labute approximate surface area is 162 Å². The normalized spacial score (nSPS) is 13.1. The third-order valence-electron chi connectivity index (χ3n) is 5.04. The fraction of sp³-hybridized carbons (Fsp3) is 0.400. The van der Waals surface area contributed by atoms with Crippen molar-refractivity contribution < 1.29 is 9.53 Å². The molecule has 1 N–H and O–H groups in total. The minimum Gasteiger partial charge on any atom is -0.383 e. The van der Waals surface area contributed by atoms with Crippen LogP contribution < -0.4 is 10.9 Å². The molecule has 1 aliphatic rings. The molecule has 0 fully saturated rings. The molecule has 4 rings (SSSR count). The van der Waals surface area contributed by atoms with Crippen molar-refractivity contribution in [2.24, 2.45) is 0 Å². The first-order valence-electron chi connectivity index (χ1n) is 9.42. The average molecular weight is 381 g/mol. The molecule has 8 heteroatoms. The van der Waals surface area contributed by atoms with Crippen molar-refractivity contribution in [3.05, 3.63) is 51.4 Å². The Kier molecular flexibility index (Phi) is 4.95. The van der Waals surface area contributed by atoms with E-state index in [2.05, 4.69) is 15.4 Å². The molecule has 1 aliphatic carbocycles. The Morgan fingerprint density at radius 3 is 2.79 bits per heavy atom. The van der Waals surface area contributed by atoms with Gasteiger partial charge in [0.05, 0.1) is 6.61 Å². The van der Waals surface area contributed by atoms with E-state index in [0.29, 0.717) is 31.2 Å². The van der Waals surface area contributed by atoms with Gasteiger partial charge in [-0.05, 0) is 26.2 Å². The van der Waals surface area contributed by atoms with Gasteiger partial charge in [0.1, 0.15) is 6.54 Å². The number of carbonyl (C=O) groups is 1. The summed E-state index contributed by atoms with van der Waals surface area (Å²) in [6.45, 7) is 3.00.